The molecular formula is C38H58BrFO5. The van der Waals surface area contributed by atoms with Gasteiger partial charge in [-0.1, -0.05) is 34.6 Å². The second-order valence-corrected chi connectivity index (χ2v) is 18.4. The average Bonchev–Trinajstić information content (AvgIpc) is 3.33. The van der Waals surface area contributed by atoms with Crippen molar-refractivity contribution < 1.29 is 28.9 Å². The number of carbonyl (C=O) groups is 1. The Bertz CT molecular complexity index is 1280. The summed E-state index contributed by atoms with van der Waals surface area (Å²) in [6.45, 7) is 18.1. The Morgan fingerprint density at radius 3 is 2.33 bits per heavy atom. The minimum Gasteiger partial charge on any atom is -0.458 e. The monoisotopic (exact) mass is 692 g/mol. The van der Waals surface area contributed by atoms with Crippen LogP contribution in [0.25, 0.3) is 0 Å². The third-order valence-electron chi connectivity index (χ3n) is 14.5. The van der Waals surface area contributed by atoms with E-state index in [1.165, 1.54) is 12.1 Å². The van der Waals surface area contributed by atoms with Crippen molar-refractivity contribution in [2.45, 2.75) is 143 Å². The number of methoxy groups -OCH3 is 1. The van der Waals surface area contributed by atoms with E-state index in [4.69, 9.17) is 9.47 Å². The van der Waals surface area contributed by atoms with Crippen LogP contribution >= 0.6 is 15.9 Å². The molecule has 0 aliphatic heterocycles. The molecule has 4 fully saturated rings. The average molecular weight is 694 g/mol. The zero-order valence-corrected chi connectivity index (χ0v) is 30.7. The molecule has 5 nitrogen and oxygen atoms in total. The number of esters is 1. The molecule has 0 radical (unpaired) electrons. The zero-order chi connectivity index (χ0) is 33.4. The first kappa shape index (κ1) is 35.3. The van der Waals surface area contributed by atoms with E-state index in [1.807, 2.05) is 6.92 Å². The van der Waals surface area contributed by atoms with Crippen LogP contribution in [0, 0.1) is 51.1 Å². The number of halogens is 2. The Morgan fingerprint density at radius 2 is 1.67 bits per heavy atom. The summed E-state index contributed by atoms with van der Waals surface area (Å²) < 4.78 is 26.3. The fourth-order valence-electron chi connectivity index (χ4n) is 11.6. The molecule has 0 aromatic heterocycles. The van der Waals surface area contributed by atoms with Crippen LogP contribution in [0.1, 0.15) is 130 Å². The second-order valence-electron chi connectivity index (χ2n) is 17.5. The minimum absolute atomic E-state index is 0.0137. The van der Waals surface area contributed by atoms with Crippen molar-refractivity contribution in [1.29, 1.82) is 0 Å². The van der Waals surface area contributed by atoms with Gasteiger partial charge in [-0.2, -0.15) is 0 Å². The standard InChI is InChI=1S/C38H58BrFO5/c1-33(2,44-9)16-10-17-38(8,43)25-13-19-37(7)31(25)27(41)22-29-35(5)18-15-30(34(3,4)28(35)14-20-36(29,37)6)45-32(42)24-21-23(40)11-12-26(24)39/h11-12,21,25,27-31,41,43H,10,13-20,22H2,1-9H3/t25-,27+,28-,29+,30-,31-,35-,36+,37+,38+/m0/s1. The van der Waals surface area contributed by atoms with Crippen LogP contribution in [0.4, 0.5) is 4.39 Å². The number of fused-ring (bicyclic) bond motifs is 5. The summed E-state index contributed by atoms with van der Waals surface area (Å²) >= 11 is 3.39. The van der Waals surface area contributed by atoms with E-state index in [2.05, 4.69) is 64.4 Å². The van der Waals surface area contributed by atoms with Crippen LogP contribution in [0.15, 0.2) is 22.7 Å². The summed E-state index contributed by atoms with van der Waals surface area (Å²) in [6, 6.07) is 4.12. The molecule has 1 aromatic carbocycles. The molecule has 0 saturated heterocycles. The molecule has 1 aromatic rings. The third kappa shape index (κ3) is 5.76. The predicted octanol–water partition coefficient (Wildman–Crippen LogP) is 9.12. The normalized spacial score (nSPS) is 40.6. The first-order chi connectivity index (χ1) is 20.7. The molecule has 10 atom stereocenters. The van der Waals surface area contributed by atoms with E-state index in [1.54, 1.807) is 13.2 Å². The third-order valence-corrected chi connectivity index (χ3v) is 15.2. The van der Waals surface area contributed by atoms with Gasteiger partial charge in [0.05, 0.1) is 22.9 Å². The highest BCUT2D eigenvalue weighted by Gasteiger charge is 2.71. The van der Waals surface area contributed by atoms with E-state index < -0.39 is 23.5 Å². The smallest absolute Gasteiger partial charge is 0.339 e. The van der Waals surface area contributed by atoms with Crippen LogP contribution < -0.4 is 0 Å². The molecule has 0 bridgehead atoms. The molecule has 0 heterocycles. The molecule has 5 rings (SSSR count). The Labute approximate surface area is 279 Å². The predicted molar refractivity (Wildman–Crippen MR) is 179 cm³/mol. The Balaban J connectivity index is 1.36. The number of aliphatic hydroxyl groups is 2. The number of ether oxygens (including phenoxy) is 2. The zero-order valence-electron chi connectivity index (χ0n) is 29.1. The first-order valence-corrected chi connectivity index (χ1v) is 18.1. The number of rotatable bonds is 8. The molecular weight excluding hydrogens is 635 g/mol. The van der Waals surface area contributed by atoms with Crippen LogP contribution in [-0.2, 0) is 9.47 Å². The number of carbonyl (C=O) groups excluding carboxylic acids is 1. The molecule has 4 aliphatic carbocycles. The summed E-state index contributed by atoms with van der Waals surface area (Å²) in [7, 11) is 1.75. The van der Waals surface area contributed by atoms with E-state index in [0.29, 0.717) is 22.7 Å². The van der Waals surface area contributed by atoms with Gasteiger partial charge in [0.1, 0.15) is 11.9 Å². The SMILES string of the molecule is COC(C)(C)CCC[C@@](C)(O)[C@H]1CC[C@]2(C)[C@@H]1[C@H](O)C[C@@H]1[C@@]3(C)CC[C@H](OC(=O)c4cc(F)ccc4Br)C(C)(C)[C@@H]3CC[C@]12C. The molecule has 4 saturated carbocycles. The second kappa shape index (κ2) is 11.8. The van der Waals surface area contributed by atoms with Crippen molar-refractivity contribution in [3.8, 4) is 0 Å². The van der Waals surface area contributed by atoms with Gasteiger partial charge in [-0.3, -0.25) is 0 Å². The fourth-order valence-corrected chi connectivity index (χ4v) is 12.1. The lowest BCUT2D eigenvalue weighted by atomic mass is 9.35. The Hall–Kier alpha value is -1.02. The van der Waals surface area contributed by atoms with Crippen molar-refractivity contribution in [2.75, 3.05) is 7.11 Å². The molecule has 7 heteroatoms. The van der Waals surface area contributed by atoms with Gasteiger partial charge < -0.3 is 19.7 Å². The minimum atomic E-state index is -0.835. The summed E-state index contributed by atoms with van der Waals surface area (Å²) in [5, 5.41) is 24.0. The van der Waals surface area contributed by atoms with E-state index in [-0.39, 0.29) is 50.8 Å². The lowest BCUT2D eigenvalue weighted by Gasteiger charge is -2.70. The summed E-state index contributed by atoms with van der Waals surface area (Å²) in [4.78, 5) is 13.3. The van der Waals surface area contributed by atoms with Crippen molar-refractivity contribution in [3.63, 3.8) is 0 Å². The van der Waals surface area contributed by atoms with Gasteiger partial charge in [0, 0.05) is 17.0 Å². The molecule has 45 heavy (non-hydrogen) atoms. The van der Waals surface area contributed by atoms with Crippen LogP contribution in [0.5, 0.6) is 0 Å². The van der Waals surface area contributed by atoms with Gasteiger partial charge in [0.2, 0.25) is 0 Å². The highest BCUT2D eigenvalue weighted by atomic mass is 79.9. The van der Waals surface area contributed by atoms with Gasteiger partial charge in [-0.05, 0) is 159 Å². The number of hydrogen-bond acceptors (Lipinski definition) is 5. The van der Waals surface area contributed by atoms with Gasteiger partial charge in [0.15, 0.2) is 0 Å². The maximum atomic E-state index is 14.0. The quantitative estimate of drug-likeness (QED) is 0.266. The number of benzene rings is 1. The Morgan fingerprint density at radius 1 is 1.00 bits per heavy atom. The molecule has 0 amide bonds. The maximum absolute atomic E-state index is 14.0. The van der Waals surface area contributed by atoms with Gasteiger partial charge >= 0.3 is 5.97 Å². The van der Waals surface area contributed by atoms with E-state index in [9.17, 15) is 19.4 Å². The van der Waals surface area contributed by atoms with Gasteiger partial charge in [0.25, 0.3) is 0 Å². The van der Waals surface area contributed by atoms with Crippen LogP contribution in [0.3, 0.4) is 0 Å². The van der Waals surface area contributed by atoms with E-state index >= 15 is 0 Å². The summed E-state index contributed by atoms with van der Waals surface area (Å²) in [6.07, 6.45) is 8.27. The molecule has 0 unspecified atom stereocenters. The highest BCUT2D eigenvalue weighted by Crippen LogP contribution is 2.76. The number of aliphatic hydroxyl groups excluding tert-OH is 1. The van der Waals surface area contributed by atoms with Crippen molar-refractivity contribution in [1.82, 2.24) is 0 Å². The molecule has 2 N–H and O–H groups in total. The molecule has 4 aliphatic rings. The van der Waals surface area contributed by atoms with E-state index in [0.717, 1.165) is 57.8 Å². The van der Waals surface area contributed by atoms with Crippen molar-refractivity contribution >= 4 is 21.9 Å². The van der Waals surface area contributed by atoms with Crippen molar-refractivity contribution in [2.24, 2.45) is 45.3 Å². The molecule has 254 valence electrons. The number of hydrogen-bond donors (Lipinski definition) is 2. The first-order valence-electron chi connectivity index (χ1n) is 17.4. The topological polar surface area (TPSA) is 76.0 Å². The fraction of sp³-hybridized carbons (Fsp3) is 0.816. The lowest BCUT2D eigenvalue weighted by Crippen LogP contribution is -2.66. The summed E-state index contributed by atoms with van der Waals surface area (Å²) in [5.41, 5.74) is -1.14. The largest absolute Gasteiger partial charge is 0.458 e. The Kier molecular flexibility index (Phi) is 9.29. The summed E-state index contributed by atoms with van der Waals surface area (Å²) in [5.74, 6) is -0.149. The van der Waals surface area contributed by atoms with Gasteiger partial charge in [-0.15, -0.1) is 0 Å². The maximum Gasteiger partial charge on any atom is 0.339 e. The van der Waals surface area contributed by atoms with Crippen LogP contribution in [-0.4, -0.2) is 46.7 Å². The highest BCUT2D eigenvalue weighted by molar-refractivity contribution is 9.10. The van der Waals surface area contributed by atoms with Crippen LogP contribution in [0.2, 0.25) is 0 Å². The van der Waals surface area contributed by atoms with Crippen molar-refractivity contribution in [3.05, 3.63) is 34.1 Å². The van der Waals surface area contributed by atoms with Gasteiger partial charge in [-0.25, -0.2) is 9.18 Å². The molecule has 0 spiro atoms. The lowest BCUT2D eigenvalue weighted by molar-refractivity contribution is -0.246.